The van der Waals surface area contributed by atoms with Gasteiger partial charge in [-0.05, 0) is 59.9 Å². The number of nitro benzene ring substituents is 1. The van der Waals surface area contributed by atoms with E-state index >= 15 is 0 Å². The summed E-state index contributed by atoms with van der Waals surface area (Å²) in [4.78, 5) is 10.6. The molecule has 0 aromatic heterocycles. The molecular formula is C26H25N3O6S. The van der Waals surface area contributed by atoms with Gasteiger partial charge in [-0.2, -0.15) is 0 Å². The standard InChI is InChI=1S/C26H25N3O6S/c1-34-24-12-9-16(13-25(24)35-2)26-21-8-4-7-20(21)22-15-19(10-11-23(22)27-26)36(32,33)28-17-5-3-6-18(14-17)29(30)31/h3-7,9-15,20-21,26-28H,8H2,1-2H3/t20-,21+,26+/m0/s1. The lowest BCUT2D eigenvalue weighted by Gasteiger charge is -2.38. The molecule has 0 radical (unpaired) electrons. The van der Waals surface area contributed by atoms with Gasteiger partial charge < -0.3 is 14.8 Å². The molecule has 3 aromatic carbocycles. The summed E-state index contributed by atoms with van der Waals surface area (Å²) in [6.45, 7) is 0. The van der Waals surface area contributed by atoms with Crippen molar-refractivity contribution in [3.05, 3.63) is 94.1 Å². The maximum Gasteiger partial charge on any atom is 0.271 e. The zero-order chi connectivity index (χ0) is 25.4. The molecule has 1 aliphatic heterocycles. The Kier molecular flexibility index (Phi) is 6.05. The topological polar surface area (TPSA) is 120 Å². The van der Waals surface area contributed by atoms with Crippen LogP contribution in [0.3, 0.4) is 0 Å². The first-order valence-electron chi connectivity index (χ1n) is 11.4. The van der Waals surface area contributed by atoms with E-state index in [0.29, 0.717) is 11.5 Å². The van der Waals surface area contributed by atoms with E-state index in [0.717, 1.165) is 23.2 Å². The number of hydrogen-bond acceptors (Lipinski definition) is 7. The Morgan fingerprint density at radius 3 is 2.58 bits per heavy atom. The highest BCUT2D eigenvalue weighted by molar-refractivity contribution is 7.92. The molecule has 186 valence electrons. The number of sulfonamides is 1. The van der Waals surface area contributed by atoms with E-state index < -0.39 is 14.9 Å². The fourth-order valence-electron chi connectivity index (χ4n) is 5.01. The zero-order valence-corrected chi connectivity index (χ0v) is 20.5. The summed E-state index contributed by atoms with van der Waals surface area (Å²) >= 11 is 0. The summed E-state index contributed by atoms with van der Waals surface area (Å²) in [6, 6.07) is 16.3. The molecule has 0 spiro atoms. The molecule has 1 heterocycles. The van der Waals surface area contributed by atoms with Crippen LogP contribution in [0.2, 0.25) is 0 Å². The van der Waals surface area contributed by atoms with Crippen molar-refractivity contribution in [2.45, 2.75) is 23.3 Å². The van der Waals surface area contributed by atoms with Gasteiger partial charge in [0.25, 0.3) is 15.7 Å². The van der Waals surface area contributed by atoms with Crippen molar-refractivity contribution < 1.29 is 22.8 Å². The van der Waals surface area contributed by atoms with Gasteiger partial charge >= 0.3 is 0 Å². The molecule has 2 N–H and O–H groups in total. The van der Waals surface area contributed by atoms with Crippen molar-refractivity contribution >= 4 is 27.1 Å². The largest absolute Gasteiger partial charge is 0.493 e. The molecular weight excluding hydrogens is 482 g/mol. The predicted octanol–water partition coefficient (Wildman–Crippen LogP) is 5.24. The molecule has 0 saturated heterocycles. The van der Waals surface area contributed by atoms with Crippen LogP contribution in [0.5, 0.6) is 11.5 Å². The summed E-state index contributed by atoms with van der Waals surface area (Å²) < 4.78 is 39.6. The Morgan fingerprint density at radius 1 is 1.03 bits per heavy atom. The number of nitro groups is 1. The average Bonchev–Trinajstić information content (AvgIpc) is 3.38. The third-order valence-corrected chi connectivity index (χ3v) is 8.10. The van der Waals surface area contributed by atoms with Crippen molar-refractivity contribution in [2.24, 2.45) is 5.92 Å². The van der Waals surface area contributed by atoms with Crippen LogP contribution >= 0.6 is 0 Å². The van der Waals surface area contributed by atoms with Crippen LogP contribution in [0.15, 0.2) is 77.7 Å². The van der Waals surface area contributed by atoms with Crippen LogP contribution in [0.25, 0.3) is 0 Å². The first kappa shape index (κ1) is 23.7. The molecule has 0 amide bonds. The van der Waals surface area contributed by atoms with Gasteiger partial charge in [-0.3, -0.25) is 14.8 Å². The second-order valence-electron chi connectivity index (χ2n) is 8.75. The molecule has 0 unspecified atom stereocenters. The summed E-state index contributed by atoms with van der Waals surface area (Å²) in [7, 11) is -0.749. The van der Waals surface area contributed by atoms with Gasteiger partial charge in [0.2, 0.25) is 0 Å². The van der Waals surface area contributed by atoms with E-state index in [1.807, 2.05) is 18.2 Å². The average molecular weight is 508 g/mol. The van der Waals surface area contributed by atoms with Crippen molar-refractivity contribution in [1.29, 1.82) is 0 Å². The molecule has 9 nitrogen and oxygen atoms in total. The molecule has 2 aliphatic rings. The second kappa shape index (κ2) is 9.19. The van der Waals surface area contributed by atoms with Gasteiger partial charge in [0.05, 0.1) is 35.8 Å². The lowest BCUT2D eigenvalue weighted by atomic mass is 9.77. The molecule has 5 rings (SSSR count). The number of nitrogens with one attached hydrogen (secondary N) is 2. The normalized spacial score (nSPS) is 20.1. The van der Waals surface area contributed by atoms with E-state index in [1.165, 1.54) is 30.3 Å². The van der Waals surface area contributed by atoms with Crippen LogP contribution in [0.1, 0.15) is 29.5 Å². The third-order valence-electron chi connectivity index (χ3n) is 6.72. The Balaban J connectivity index is 1.47. The fourth-order valence-corrected chi connectivity index (χ4v) is 6.10. The highest BCUT2D eigenvalue weighted by Gasteiger charge is 2.38. The van der Waals surface area contributed by atoms with Crippen molar-refractivity contribution in [3.63, 3.8) is 0 Å². The number of anilines is 2. The highest BCUT2D eigenvalue weighted by atomic mass is 32.2. The van der Waals surface area contributed by atoms with Gasteiger partial charge in [-0.25, -0.2) is 8.42 Å². The first-order valence-corrected chi connectivity index (χ1v) is 12.9. The zero-order valence-electron chi connectivity index (χ0n) is 19.7. The predicted molar refractivity (Wildman–Crippen MR) is 136 cm³/mol. The van der Waals surface area contributed by atoms with Gasteiger partial charge in [0.1, 0.15) is 0 Å². The van der Waals surface area contributed by atoms with E-state index in [2.05, 4.69) is 22.2 Å². The van der Waals surface area contributed by atoms with Gasteiger partial charge in [-0.1, -0.05) is 24.3 Å². The number of rotatable bonds is 7. The van der Waals surface area contributed by atoms with Crippen LogP contribution in [-0.4, -0.2) is 27.6 Å². The van der Waals surface area contributed by atoms with Crippen LogP contribution in [-0.2, 0) is 10.0 Å². The lowest BCUT2D eigenvalue weighted by Crippen LogP contribution is -2.29. The minimum Gasteiger partial charge on any atom is -0.493 e. The minimum atomic E-state index is -3.96. The van der Waals surface area contributed by atoms with Crippen molar-refractivity contribution in [2.75, 3.05) is 24.3 Å². The Morgan fingerprint density at radius 2 is 1.83 bits per heavy atom. The second-order valence-corrected chi connectivity index (χ2v) is 10.4. The summed E-state index contributed by atoms with van der Waals surface area (Å²) in [5.74, 6) is 1.54. The Hall–Kier alpha value is -4.05. The SMILES string of the molecule is COc1ccc([C@H]2Nc3ccc(S(=O)(=O)Nc4cccc([N+](=O)[O-])c4)cc3[C@H]3C=CC[C@H]32)cc1OC. The first-order chi connectivity index (χ1) is 17.3. The molecule has 3 atom stereocenters. The number of ether oxygens (including phenoxy) is 2. The number of methoxy groups -OCH3 is 2. The van der Waals surface area contributed by atoms with E-state index in [-0.39, 0.29) is 34.1 Å². The molecule has 0 saturated carbocycles. The molecule has 3 aromatic rings. The molecule has 0 bridgehead atoms. The minimum absolute atomic E-state index is 0.00255. The maximum absolute atomic E-state index is 13.1. The smallest absolute Gasteiger partial charge is 0.271 e. The number of non-ortho nitro benzene ring substituents is 1. The monoisotopic (exact) mass is 507 g/mol. The van der Waals surface area contributed by atoms with E-state index in [9.17, 15) is 18.5 Å². The molecule has 1 aliphatic carbocycles. The molecule has 10 heteroatoms. The van der Waals surface area contributed by atoms with E-state index in [1.54, 1.807) is 26.4 Å². The van der Waals surface area contributed by atoms with Gasteiger partial charge in [-0.15, -0.1) is 0 Å². The Bertz CT molecular complexity index is 1470. The van der Waals surface area contributed by atoms with Crippen LogP contribution < -0.4 is 19.5 Å². The molecule has 0 fully saturated rings. The summed E-state index contributed by atoms with van der Waals surface area (Å²) in [6.07, 6.45) is 5.10. The maximum atomic E-state index is 13.1. The number of allylic oxidation sites excluding steroid dienone is 2. The van der Waals surface area contributed by atoms with Gasteiger partial charge in [0.15, 0.2) is 11.5 Å². The third kappa shape index (κ3) is 4.24. The van der Waals surface area contributed by atoms with Gasteiger partial charge in [0, 0.05) is 23.7 Å². The summed E-state index contributed by atoms with van der Waals surface area (Å²) in [5.41, 5.74) is 2.75. The number of nitrogens with zero attached hydrogens (tertiary/aromatic N) is 1. The van der Waals surface area contributed by atoms with E-state index in [4.69, 9.17) is 9.47 Å². The fraction of sp³-hybridized carbons (Fsp3) is 0.231. The van der Waals surface area contributed by atoms with Crippen LogP contribution in [0, 0.1) is 16.0 Å². The van der Waals surface area contributed by atoms with Crippen molar-refractivity contribution in [1.82, 2.24) is 0 Å². The summed E-state index contributed by atoms with van der Waals surface area (Å²) in [5, 5.41) is 14.6. The lowest BCUT2D eigenvalue weighted by molar-refractivity contribution is -0.384. The van der Waals surface area contributed by atoms with Crippen LogP contribution in [0.4, 0.5) is 17.1 Å². The quantitative estimate of drug-likeness (QED) is 0.255. The highest BCUT2D eigenvalue weighted by Crippen LogP contribution is 2.51. The number of hydrogen-bond donors (Lipinski definition) is 2. The Labute approximate surface area is 209 Å². The number of benzene rings is 3. The number of fused-ring (bicyclic) bond motifs is 3. The van der Waals surface area contributed by atoms with Crippen molar-refractivity contribution in [3.8, 4) is 11.5 Å². The molecule has 36 heavy (non-hydrogen) atoms.